The predicted octanol–water partition coefficient (Wildman–Crippen LogP) is 4.91. The lowest BCUT2D eigenvalue weighted by atomic mass is 9.95. The third-order valence-electron chi connectivity index (χ3n) is 7.26. The molecule has 3 aliphatic rings. The molecule has 2 heterocycles. The van der Waals surface area contributed by atoms with Crippen molar-refractivity contribution in [2.45, 2.75) is 51.2 Å². The van der Waals surface area contributed by atoms with Gasteiger partial charge in [-0.15, -0.1) is 0 Å². The quantitative estimate of drug-likeness (QED) is 0.670. The van der Waals surface area contributed by atoms with Gasteiger partial charge < -0.3 is 15.0 Å². The van der Waals surface area contributed by atoms with E-state index in [1.54, 1.807) is 0 Å². The third kappa shape index (κ3) is 4.25. The molecule has 0 unspecified atom stereocenters. The molecule has 0 spiro atoms. The highest BCUT2D eigenvalue weighted by atomic mass is 16.5. The molecule has 2 aromatic carbocycles. The Labute approximate surface area is 200 Å². The van der Waals surface area contributed by atoms with E-state index < -0.39 is 12.1 Å². The lowest BCUT2D eigenvalue weighted by Gasteiger charge is -2.33. The first-order chi connectivity index (χ1) is 16.5. The summed E-state index contributed by atoms with van der Waals surface area (Å²) in [5.74, 6) is 0.475. The minimum absolute atomic E-state index is 0.00529. The fourth-order valence-corrected chi connectivity index (χ4v) is 5.27. The van der Waals surface area contributed by atoms with E-state index in [4.69, 9.17) is 9.73 Å². The standard InChI is InChI=1S/C28H31N3O3/c1-17(2)26(30-28(33)34-3)27(32)31-24-14-21(24)15-25(31)23-13-22(16-29-23)20-11-9-19(10-12-20)18-7-5-4-6-8-18/h4-12,16-17,21,24-26H,13-15H2,1-3H3,(H,30,33)/t21-,24-,25+,26+/m1/s1. The predicted molar refractivity (Wildman–Crippen MR) is 133 cm³/mol. The Morgan fingerprint density at radius 2 is 1.68 bits per heavy atom. The molecule has 0 bridgehead atoms. The molecule has 1 saturated heterocycles. The first-order valence-electron chi connectivity index (χ1n) is 12.0. The van der Waals surface area contributed by atoms with Crippen molar-refractivity contribution in [3.63, 3.8) is 0 Å². The molecule has 6 nitrogen and oxygen atoms in total. The fourth-order valence-electron chi connectivity index (χ4n) is 5.27. The number of carbonyl (C=O) groups excluding carboxylic acids is 2. The van der Waals surface area contributed by atoms with Crippen LogP contribution < -0.4 is 5.32 Å². The van der Waals surface area contributed by atoms with Crippen LogP contribution in [0.1, 0.15) is 38.7 Å². The third-order valence-corrected chi connectivity index (χ3v) is 7.26. The van der Waals surface area contributed by atoms with E-state index in [2.05, 4.69) is 41.7 Å². The summed E-state index contributed by atoms with van der Waals surface area (Å²) in [7, 11) is 1.32. The van der Waals surface area contributed by atoms with Crippen LogP contribution in [0.25, 0.3) is 16.7 Å². The van der Waals surface area contributed by atoms with E-state index in [1.165, 1.54) is 23.8 Å². The van der Waals surface area contributed by atoms with Crippen LogP contribution >= 0.6 is 0 Å². The van der Waals surface area contributed by atoms with Crippen LogP contribution in [-0.4, -0.2) is 47.8 Å². The maximum absolute atomic E-state index is 13.5. The minimum atomic E-state index is -0.603. The number of ether oxygens (including phenoxy) is 1. The van der Waals surface area contributed by atoms with Gasteiger partial charge in [-0.25, -0.2) is 4.79 Å². The second-order valence-electron chi connectivity index (χ2n) is 9.81. The summed E-state index contributed by atoms with van der Waals surface area (Å²) in [4.78, 5) is 32.2. The average Bonchev–Trinajstić information content (AvgIpc) is 3.28. The Balaban J connectivity index is 1.28. The van der Waals surface area contributed by atoms with Crippen LogP contribution in [0.15, 0.2) is 65.8 Å². The van der Waals surface area contributed by atoms with Gasteiger partial charge in [-0.3, -0.25) is 9.79 Å². The largest absolute Gasteiger partial charge is 0.453 e. The number of hydrogen-bond donors (Lipinski definition) is 1. The maximum Gasteiger partial charge on any atom is 0.407 e. The van der Waals surface area contributed by atoms with Gasteiger partial charge in [-0.1, -0.05) is 68.4 Å². The van der Waals surface area contributed by atoms with E-state index in [9.17, 15) is 9.59 Å². The van der Waals surface area contributed by atoms with Gasteiger partial charge in [0.15, 0.2) is 0 Å². The first-order valence-corrected chi connectivity index (χ1v) is 12.0. The van der Waals surface area contributed by atoms with Crippen molar-refractivity contribution in [2.24, 2.45) is 16.8 Å². The van der Waals surface area contributed by atoms with E-state index >= 15 is 0 Å². The lowest BCUT2D eigenvalue weighted by molar-refractivity contribution is -0.135. The molecule has 1 saturated carbocycles. The number of alkyl carbamates (subject to hydrolysis) is 1. The zero-order chi connectivity index (χ0) is 23.8. The molecule has 2 aliphatic heterocycles. The highest BCUT2D eigenvalue weighted by Crippen LogP contribution is 2.49. The number of fused-ring (bicyclic) bond motifs is 1. The average molecular weight is 458 g/mol. The number of nitrogens with one attached hydrogen (secondary N) is 1. The number of carbonyl (C=O) groups is 2. The molecular formula is C28H31N3O3. The number of rotatable bonds is 6. The SMILES string of the molecule is COC(=O)N[C@H](C(=O)N1[C@@H]2C[C@@H]2C[C@H]1C1=NC=C(c2ccc(-c3ccccc3)cc2)C1)C(C)C. The van der Waals surface area contributed by atoms with Gasteiger partial charge in [0, 0.05) is 24.4 Å². The van der Waals surface area contributed by atoms with Crippen LogP contribution in [0.5, 0.6) is 0 Å². The minimum Gasteiger partial charge on any atom is -0.453 e. The molecule has 34 heavy (non-hydrogen) atoms. The van der Waals surface area contributed by atoms with Gasteiger partial charge >= 0.3 is 6.09 Å². The van der Waals surface area contributed by atoms with Crippen LogP contribution in [0, 0.1) is 11.8 Å². The molecule has 6 heteroatoms. The number of aliphatic imine (C=N–C) groups is 1. The van der Waals surface area contributed by atoms with Crippen molar-refractivity contribution in [1.82, 2.24) is 10.2 Å². The number of allylic oxidation sites excluding steroid dienone is 1. The van der Waals surface area contributed by atoms with Gasteiger partial charge in [0.05, 0.1) is 13.2 Å². The Kier molecular flexibility index (Phi) is 5.98. The highest BCUT2D eigenvalue weighted by molar-refractivity contribution is 6.04. The van der Waals surface area contributed by atoms with Crippen LogP contribution in [0.2, 0.25) is 0 Å². The first kappa shape index (κ1) is 22.4. The number of piperidine rings is 1. The molecule has 1 aliphatic carbocycles. The van der Waals surface area contributed by atoms with Crippen molar-refractivity contribution in [2.75, 3.05) is 7.11 Å². The molecule has 1 N–H and O–H groups in total. The number of likely N-dealkylation sites (tertiary alicyclic amines) is 1. The number of benzene rings is 2. The number of hydrogen-bond acceptors (Lipinski definition) is 4. The molecule has 4 atom stereocenters. The van der Waals surface area contributed by atoms with Crippen molar-refractivity contribution < 1.29 is 14.3 Å². The van der Waals surface area contributed by atoms with Gasteiger partial charge in [0.25, 0.3) is 0 Å². The van der Waals surface area contributed by atoms with E-state index in [-0.39, 0.29) is 23.9 Å². The molecular weight excluding hydrogens is 426 g/mol. The van der Waals surface area contributed by atoms with E-state index in [1.807, 2.05) is 43.1 Å². The van der Waals surface area contributed by atoms with E-state index in [0.717, 1.165) is 30.5 Å². The van der Waals surface area contributed by atoms with Gasteiger partial charge in [-0.2, -0.15) is 0 Å². The molecule has 0 aromatic heterocycles. The van der Waals surface area contributed by atoms with Crippen LogP contribution in [-0.2, 0) is 9.53 Å². The normalized spacial score (nSPS) is 23.8. The number of amides is 2. The Morgan fingerprint density at radius 3 is 2.35 bits per heavy atom. The molecule has 2 fully saturated rings. The maximum atomic E-state index is 13.5. The molecule has 0 radical (unpaired) electrons. The summed E-state index contributed by atoms with van der Waals surface area (Å²) in [6.07, 6.45) is 4.12. The highest BCUT2D eigenvalue weighted by Gasteiger charge is 2.56. The Morgan fingerprint density at radius 1 is 1.00 bits per heavy atom. The summed E-state index contributed by atoms with van der Waals surface area (Å²) in [6, 6.07) is 18.6. The number of methoxy groups -OCH3 is 1. The summed E-state index contributed by atoms with van der Waals surface area (Å²) in [6.45, 7) is 3.89. The summed E-state index contributed by atoms with van der Waals surface area (Å²) in [5, 5.41) is 2.74. The second-order valence-corrected chi connectivity index (χ2v) is 9.81. The van der Waals surface area contributed by atoms with Crippen LogP contribution in [0.4, 0.5) is 4.79 Å². The summed E-state index contributed by atoms with van der Waals surface area (Å²) in [5.41, 5.74) is 5.77. The molecule has 176 valence electrons. The Bertz CT molecular complexity index is 1140. The summed E-state index contributed by atoms with van der Waals surface area (Å²) < 4.78 is 4.75. The van der Waals surface area contributed by atoms with Gasteiger partial charge in [-0.05, 0) is 46.9 Å². The van der Waals surface area contributed by atoms with Crippen molar-refractivity contribution in [3.05, 3.63) is 66.4 Å². The van der Waals surface area contributed by atoms with E-state index in [0.29, 0.717) is 5.92 Å². The van der Waals surface area contributed by atoms with Crippen LogP contribution in [0.3, 0.4) is 0 Å². The summed E-state index contributed by atoms with van der Waals surface area (Å²) >= 11 is 0. The van der Waals surface area contributed by atoms with Crippen molar-refractivity contribution in [3.8, 4) is 11.1 Å². The molecule has 2 aromatic rings. The lowest BCUT2D eigenvalue weighted by Crippen LogP contribution is -2.54. The molecule has 2 amide bonds. The van der Waals surface area contributed by atoms with Gasteiger partial charge in [0.2, 0.25) is 5.91 Å². The Hall–Kier alpha value is -3.41. The topological polar surface area (TPSA) is 71.0 Å². The monoisotopic (exact) mass is 457 g/mol. The second kappa shape index (κ2) is 9.09. The van der Waals surface area contributed by atoms with Crippen molar-refractivity contribution >= 4 is 23.3 Å². The van der Waals surface area contributed by atoms with Gasteiger partial charge in [0.1, 0.15) is 6.04 Å². The van der Waals surface area contributed by atoms with Crippen molar-refractivity contribution in [1.29, 1.82) is 0 Å². The fraction of sp³-hybridized carbons (Fsp3) is 0.393. The molecule has 5 rings (SSSR count). The zero-order valence-corrected chi connectivity index (χ0v) is 19.9. The number of nitrogens with zero attached hydrogens (tertiary/aromatic N) is 2. The zero-order valence-electron chi connectivity index (χ0n) is 19.9. The smallest absolute Gasteiger partial charge is 0.407 e.